The Morgan fingerprint density at radius 3 is 2.02 bits per heavy atom. The number of amides is 4. The van der Waals surface area contributed by atoms with Crippen molar-refractivity contribution in [3.05, 3.63) is 21.2 Å². The van der Waals surface area contributed by atoms with Crippen molar-refractivity contribution in [3.63, 3.8) is 0 Å². The Bertz CT molecular complexity index is 1580. The van der Waals surface area contributed by atoms with Gasteiger partial charge in [0.1, 0.15) is 17.4 Å². The summed E-state index contributed by atoms with van der Waals surface area (Å²) in [5.41, 5.74) is -0.222. The largest absolute Gasteiger partial charge is 0.477 e. The Morgan fingerprint density at radius 2 is 1.48 bits per heavy atom. The van der Waals surface area contributed by atoms with E-state index < -0.39 is 89.0 Å². The zero-order valence-corrected chi connectivity index (χ0v) is 32.2. The third-order valence-corrected chi connectivity index (χ3v) is 13.9. The molecule has 0 aromatic rings. The summed E-state index contributed by atoms with van der Waals surface area (Å²) in [6.07, 6.45) is -1.54. The number of hydrogen-bond donors (Lipinski definition) is 6. The lowest BCUT2D eigenvalue weighted by atomic mass is 9.79. The molecule has 18 heteroatoms. The fraction of sp³-hybridized carbons (Fsp3) is 0.706. The lowest BCUT2D eigenvalue weighted by Gasteiger charge is -2.46. The van der Waals surface area contributed by atoms with E-state index in [1.54, 1.807) is 42.0 Å². The number of carbonyl (C=O) groups excluding carboxylic acids is 4. The van der Waals surface area contributed by atoms with Gasteiger partial charge in [-0.25, -0.2) is 9.59 Å². The van der Waals surface area contributed by atoms with Crippen molar-refractivity contribution in [2.45, 2.75) is 87.4 Å². The van der Waals surface area contributed by atoms with Gasteiger partial charge in [-0.2, -0.15) is 0 Å². The van der Waals surface area contributed by atoms with Gasteiger partial charge in [-0.3, -0.25) is 19.2 Å². The van der Waals surface area contributed by atoms with Crippen LogP contribution in [0.3, 0.4) is 0 Å². The molecule has 1 unspecified atom stereocenters. The van der Waals surface area contributed by atoms with E-state index in [1.165, 1.54) is 57.0 Å². The van der Waals surface area contributed by atoms with E-state index in [4.69, 9.17) is 0 Å². The van der Waals surface area contributed by atoms with E-state index >= 15 is 0 Å². The number of carboxylic acids is 2. The standard InChI is InChI=1S/C34H50N6O10S2/c1-13-23(36-24(33(47)48)27(13)51-17-9-19(35-11-17)29(43)37(5)6)21(15(3)41)31(45)39-12-18(10-20(39)30(44)38(7)8)52-28-14(2)25-22(16(4)42)32(46)40(25)26(28)34(49)50/h13-23,25,35-36,41-42H,9-12H2,1-8H3,(H,47,48)(H,49,50)/t13-,14-,15-,16-,17+,18+,19+,20+,21-,22-,23?,25-/m1/s1. The first-order valence-electron chi connectivity index (χ1n) is 17.5. The minimum Gasteiger partial charge on any atom is -0.477 e. The number of likely N-dealkylation sites (N-methyl/N-ethyl adjacent to an activating group) is 2. The molecule has 0 bridgehead atoms. The van der Waals surface area contributed by atoms with E-state index in [1.807, 2.05) is 0 Å². The number of β-lactam (4-membered cyclic amide) rings is 1. The molecule has 52 heavy (non-hydrogen) atoms. The number of carboxylic acid groups (broad SMARTS) is 2. The van der Waals surface area contributed by atoms with Crippen LogP contribution in [0, 0.1) is 23.7 Å². The van der Waals surface area contributed by atoms with E-state index in [9.17, 15) is 49.2 Å². The molecule has 0 spiro atoms. The first kappa shape index (κ1) is 39.9. The number of nitrogens with zero attached hydrogens (tertiary/aromatic N) is 4. The van der Waals surface area contributed by atoms with Crippen LogP contribution in [0.2, 0.25) is 0 Å². The van der Waals surface area contributed by atoms with E-state index in [0.717, 1.165) is 0 Å². The van der Waals surface area contributed by atoms with Gasteiger partial charge >= 0.3 is 11.9 Å². The third-order valence-electron chi connectivity index (χ3n) is 10.9. The number of hydrogen-bond acceptors (Lipinski definition) is 12. The smallest absolute Gasteiger partial charge is 0.353 e. The predicted molar refractivity (Wildman–Crippen MR) is 192 cm³/mol. The summed E-state index contributed by atoms with van der Waals surface area (Å²) in [6, 6.07) is -2.69. The Hall–Kier alpha value is -3.32. The predicted octanol–water partition coefficient (Wildman–Crippen LogP) is -0.616. The van der Waals surface area contributed by atoms with E-state index in [0.29, 0.717) is 22.8 Å². The van der Waals surface area contributed by atoms with Crippen LogP contribution in [0.25, 0.3) is 0 Å². The summed E-state index contributed by atoms with van der Waals surface area (Å²) < 4.78 is 0. The number of aliphatic carboxylic acids is 2. The van der Waals surface area contributed by atoms with Gasteiger partial charge in [0.05, 0.1) is 36.1 Å². The summed E-state index contributed by atoms with van der Waals surface area (Å²) >= 11 is 2.56. The molecule has 3 fully saturated rings. The van der Waals surface area contributed by atoms with Crippen molar-refractivity contribution in [1.82, 2.24) is 30.2 Å². The van der Waals surface area contributed by atoms with Gasteiger partial charge < -0.3 is 50.7 Å². The van der Waals surface area contributed by atoms with Gasteiger partial charge in [0.25, 0.3) is 0 Å². The fourth-order valence-electron chi connectivity index (χ4n) is 8.33. The van der Waals surface area contributed by atoms with Crippen LogP contribution in [0.4, 0.5) is 0 Å². The van der Waals surface area contributed by atoms with Crippen molar-refractivity contribution < 1.29 is 49.2 Å². The maximum atomic E-state index is 14.6. The summed E-state index contributed by atoms with van der Waals surface area (Å²) in [5.74, 6) is -6.74. The van der Waals surface area contributed by atoms with Crippen LogP contribution in [0.1, 0.15) is 40.5 Å². The number of rotatable bonds is 12. The zero-order valence-electron chi connectivity index (χ0n) is 30.6. The Morgan fingerprint density at radius 1 is 0.865 bits per heavy atom. The molecular weight excluding hydrogens is 717 g/mol. The van der Waals surface area contributed by atoms with Crippen molar-refractivity contribution in [1.29, 1.82) is 0 Å². The second kappa shape index (κ2) is 15.2. The average Bonchev–Trinajstić information content (AvgIpc) is 3.82. The highest BCUT2D eigenvalue weighted by molar-refractivity contribution is 8.04. The number of fused-ring (bicyclic) bond motifs is 1. The number of nitrogens with one attached hydrogen (secondary N) is 2. The number of likely N-dealkylation sites (tertiary alicyclic amines) is 1. The summed E-state index contributed by atoms with van der Waals surface area (Å²) in [6.45, 7) is 7.07. The number of aliphatic hydroxyl groups is 2. The van der Waals surface area contributed by atoms with Gasteiger partial charge in [0, 0.05) is 79.5 Å². The Kier molecular flexibility index (Phi) is 11.7. The van der Waals surface area contributed by atoms with E-state index in [2.05, 4.69) is 10.6 Å². The molecule has 16 nitrogen and oxygen atoms in total. The second-order valence-electron chi connectivity index (χ2n) is 14.9. The quantitative estimate of drug-likeness (QED) is 0.137. The van der Waals surface area contributed by atoms with Crippen molar-refractivity contribution in [3.8, 4) is 0 Å². The molecule has 0 saturated carbocycles. The first-order valence-corrected chi connectivity index (χ1v) is 19.2. The molecule has 3 saturated heterocycles. The van der Waals surface area contributed by atoms with Crippen LogP contribution in [-0.2, 0) is 28.8 Å². The normalized spacial score (nSPS) is 33.0. The van der Waals surface area contributed by atoms with Gasteiger partial charge in [0.15, 0.2) is 0 Å². The molecule has 12 atom stereocenters. The number of thioether (sulfide) groups is 2. The molecule has 4 amide bonds. The molecule has 5 rings (SSSR count). The number of carbonyl (C=O) groups is 6. The monoisotopic (exact) mass is 766 g/mol. The maximum Gasteiger partial charge on any atom is 0.353 e. The van der Waals surface area contributed by atoms with Gasteiger partial charge in [-0.15, -0.1) is 23.5 Å². The molecule has 0 aromatic carbocycles. The summed E-state index contributed by atoms with van der Waals surface area (Å²) in [5, 5.41) is 47.4. The Labute approximate surface area is 311 Å². The molecule has 6 N–H and O–H groups in total. The topological polar surface area (TPSA) is 220 Å². The lowest BCUT2D eigenvalue weighted by molar-refractivity contribution is -0.163. The van der Waals surface area contributed by atoms with Crippen LogP contribution in [0.15, 0.2) is 21.2 Å². The molecule has 5 aliphatic rings. The Balaban J connectivity index is 1.38. The SMILES string of the molecule is C[C@H]1C(S[C@@H]2CN[C@H](C(=O)N(C)C)C2)=C(C(=O)O)NC1[C@H](C(=O)N1C[C@@H](SC2=C(C(=O)O)N3C(=O)[C@H]([C@@H](C)O)[C@H]3[C@H]2C)C[C@H]1C(=O)N(C)C)[C@@H](C)O. The molecule has 5 aliphatic heterocycles. The highest BCUT2D eigenvalue weighted by atomic mass is 32.2. The third kappa shape index (κ3) is 7.03. The molecular formula is C34H50N6O10S2. The summed E-state index contributed by atoms with van der Waals surface area (Å²) in [4.78, 5) is 85.0. The van der Waals surface area contributed by atoms with Crippen molar-refractivity contribution in [2.24, 2.45) is 23.7 Å². The molecule has 5 heterocycles. The highest BCUT2D eigenvalue weighted by Crippen LogP contribution is 2.52. The zero-order chi connectivity index (χ0) is 38.7. The van der Waals surface area contributed by atoms with Crippen molar-refractivity contribution in [2.75, 3.05) is 41.3 Å². The fourth-order valence-corrected chi connectivity index (χ4v) is 11.3. The van der Waals surface area contributed by atoms with Crippen molar-refractivity contribution >= 4 is 59.1 Å². The minimum atomic E-state index is -1.28. The van der Waals surface area contributed by atoms with E-state index in [-0.39, 0.29) is 41.4 Å². The molecule has 288 valence electrons. The molecule has 0 radical (unpaired) electrons. The molecule has 0 aliphatic carbocycles. The van der Waals surface area contributed by atoms with Gasteiger partial charge in [0.2, 0.25) is 23.6 Å². The first-order chi connectivity index (χ1) is 24.3. The average molecular weight is 767 g/mol. The lowest BCUT2D eigenvalue weighted by Crippen LogP contribution is -2.63. The number of aliphatic hydroxyl groups excluding tert-OH is 2. The van der Waals surface area contributed by atoms with Gasteiger partial charge in [-0.05, 0) is 26.7 Å². The highest BCUT2D eigenvalue weighted by Gasteiger charge is 2.60. The minimum absolute atomic E-state index is 0.0372. The van der Waals surface area contributed by atoms with Gasteiger partial charge in [-0.1, -0.05) is 13.8 Å². The second-order valence-corrected chi connectivity index (χ2v) is 17.6. The molecule has 0 aromatic heterocycles. The maximum absolute atomic E-state index is 14.6. The van der Waals surface area contributed by atoms with Crippen LogP contribution < -0.4 is 10.6 Å². The van der Waals surface area contributed by atoms with Crippen LogP contribution >= 0.6 is 23.5 Å². The summed E-state index contributed by atoms with van der Waals surface area (Å²) in [7, 11) is 6.48. The van der Waals surface area contributed by atoms with Crippen LogP contribution in [-0.4, -0.2) is 164 Å². The van der Waals surface area contributed by atoms with Crippen LogP contribution in [0.5, 0.6) is 0 Å².